The van der Waals surface area contributed by atoms with Crippen molar-refractivity contribution < 1.29 is 14.6 Å². The summed E-state index contributed by atoms with van der Waals surface area (Å²) in [7, 11) is 0. The van der Waals surface area contributed by atoms with Crippen LogP contribution in [0.4, 0.5) is 0 Å². The SMILES string of the molecule is CC(=O)c1cccnc1OCCO. The molecular weight excluding hydrogens is 170 g/mol. The molecular formula is C9H11NO3. The van der Waals surface area contributed by atoms with E-state index in [0.717, 1.165) is 0 Å². The molecule has 0 aliphatic rings. The summed E-state index contributed by atoms with van der Waals surface area (Å²) < 4.78 is 5.07. The lowest BCUT2D eigenvalue weighted by molar-refractivity contribution is 0.101. The number of nitrogens with zero attached hydrogens (tertiary/aromatic N) is 1. The fraction of sp³-hybridized carbons (Fsp3) is 0.333. The van der Waals surface area contributed by atoms with Crippen molar-refractivity contribution in [1.29, 1.82) is 0 Å². The van der Waals surface area contributed by atoms with Crippen molar-refractivity contribution in [3.63, 3.8) is 0 Å². The largest absolute Gasteiger partial charge is 0.475 e. The third kappa shape index (κ3) is 2.52. The number of aliphatic hydroxyl groups excluding tert-OH is 1. The molecule has 0 bridgehead atoms. The Balaban J connectivity index is 2.84. The molecule has 4 heteroatoms. The molecule has 0 fully saturated rings. The van der Waals surface area contributed by atoms with Gasteiger partial charge >= 0.3 is 0 Å². The zero-order valence-electron chi connectivity index (χ0n) is 7.36. The van der Waals surface area contributed by atoms with E-state index < -0.39 is 0 Å². The third-order valence-electron chi connectivity index (χ3n) is 1.48. The minimum atomic E-state index is -0.0963. The van der Waals surface area contributed by atoms with Crippen LogP contribution in [0.5, 0.6) is 5.88 Å². The number of ketones is 1. The van der Waals surface area contributed by atoms with Crippen LogP contribution in [0.2, 0.25) is 0 Å². The second-order valence-corrected chi connectivity index (χ2v) is 2.48. The molecule has 0 amide bonds. The van der Waals surface area contributed by atoms with E-state index in [2.05, 4.69) is 4.98 Å². The first-order valence-electron chi connectivity index (χ1n) is 3.95. The van der Waals surface area contributed by atoms with Gasteiger partial charge in [0.1, 0.15) is 6.61 Å². The molecule has 1 aromatic rings. The maximum atomic E-state index is 11.0. The summed E-state index contributed by atoms with van der Waals surface area (Å²) in [5.41, 5.74) is 0.441. The zero-order valence-corrected chi connectivity index (χ0v) is 7.36. The molecule has 0 unspecified atom stereocenters. The van der Waals surface area contributed by atoms with E-state index in [1.54, 1.807) is 18.3 Å². The normalized spacial score (nSPS) is 9.69. The van der Waals surface area contributed by atoms with Crippen molar-refractivity contribution >= 4 is 5.78 Å². The summed E-state index contributed by atoms with van der Waals surface area (Å²) in [6.07, 6.45) is 1.54. The van der Waals surface area contributed by atoms with Crippen molar-refractivity contribution in [2.75, 3.05) is 13.2 Å². The molecule has 1 rings (SSSR count). The Bertz CT molecular complexity index is 299. The van der Waals surface area contributed by atoms with Gasteiger partial charge in [-0.05, 0) is 19.1 Å². The van der Waals surface area contributed by atoms with Crippen LogP contribution in [0.25, 0.3) is 0 Å². The van der Waals surface area contributed by atoms with E-state index >= 15 is 0 Å². The third-order valence-corrected chi connectivity index (χ3v) is 1.48. The van der Waals surface area contributed by atoms with Gasteiger partial charge in [-0.2, -0.15) is 0 Å². The summed E-state index contributed by atoms with van der Waals surface area (Å²) in [6, 6.07) is 3.31. The first-order chi connectivity index (χ1) is 6.25. The standard InChI is InChI=1S/C9H11NO3/c1-7(12)8-3-2-4-10-9(8)13-6-5-11/h2-4,11H,5-6H2,1H3. The van der Waals surface area contributed by atoms with E-state index in [0.29, 0.717) is 5.56 Å². The van der Waals surface area contributed by atoms with Crippen molar-refractivity contribution in [3.8, 4) is 5.88 Å². The number of hydrogen-bond acceptors (Lipinski definition) is 4. The van der Waals surface area contributed by atoms with Gasteiger partial charge in [0.05, 0.1) is 12.2 Å². The van der Waals surface area contributed by atoms with Gasteiger partial charge < -0.3 is 9.84 Å². The molecule has 1 N–H and O–H groups in total. The highest BCUT2D eigenvalue weighted by Gasteiger charge is 2.07. The maximum absolute atomic E-state index is 11.0. The van der Waals surface area contributed by atoms with Crippen molar-refractivity contribution in [2.45, 2.75) is 6.92 Å². The van der Waals surface area contributed by atoms with Gasteiger partial charge in [-0.25, -0.2) is 4.98 Å². The first kappa shape index (κ1) is 9.67. The van der Waals surface area contributed by atoms with Gasteiger partial charge in [0.2, 0.25) is 5.88 Å². The van der Waals surface area contributed by atoms with Gasteiger partial charge in [0.25, 0.3) is 0 Å². The Hall–Kier alpha value is -1.42. The van der Waals surface area contributed by atoms with E-state index in [1.807, 2.05) is 0 Å². The van der Waals surface area contributed by atoms with E-state index in [-0.39, 0.29) is 24.9 Å². The van der Waals surface area contributed by atoms with Crippen LogP contribution >= 0.6 is 0 Å². The Kier molecular flexibility index (Phi) is 3.40. The minimum absolute atomic E-state index is 0.0894. The van der Waals surface area contributed by atoms with Crippen LogP contribution in [0.1, 0.15) is 17.3 Å². The smallest absolute Gasteiger partial charge is 0.224 e. The topological polar surface area (TPSA) is 59.4 Å². The summed E-state index contributed by atoms with van der Waals surface area (Å²) in [4.78, 5) is 14.9. The van der Waals surface area contributed by atoms with E-state index in [1.165, 1.54) is 6.92 Å². The maximum Gasteiger partial charge on any atom is 0.224 e. The summed E-state index contributed by atoms with van der Waals surface area (Å²) in [5, 5.41) is 8.52. The predicted octanol–water partition coefficient (Wildman–Crippen LogP) is 0.655. The number of pyridine rings is 1. The molecule has 0 aliphatic carbocycles. The van der Waals surface area contributed by atoms with Crippen LogP contribution in [0, 0.1) is 0 Å². The van der Waals surface area contributed by atoms with Crippen molar-refractivity contribution in [3.05, 3.63) is 23.9 Å². The molecule has 0 aromatic carbocycles. The summed E-state index contributed by atoms with van der Waals surface area (Å²) in [5.74, 6) is 0.185. The van der Waals surface area contributed by atoms with Crippen molar-refractivity contribution in [1.82, 2.24) is 4.98 Å². The van der Waals surface area contributed by atoms with Gasteiger partial charge in [0.15, 0.2) is 5.78 Å². The van der Waals surface area contributed by atoms with Crippen LogP contribution in [-0.4, -0.2) is 29.1 Å². The number of aliphatic hydroxyl groups is 1. The highest BCUT2D eigenvalue weighted by Crippen LogP contribution is 2.14. The number of rotatable bonds is 4. The number of hydrogen-bond donors (Lipinski definition) is 1. The Morgan fingerprint density at radius 3 is 3.08 bits per heavy atom. The number of aromatic nitrogens is 1. The molecule has 1 heterocycles. The molecule has 0 atom stereocenters. The van der Waals surface area contributed by atoms with E-state index in [9.17, 15) is 4.79 Å². The Morgan fingerprint density at radius 2 is 2.46 bits per heavy atom. The van der Waals surface area contributed by atoms with Crippen molar-refractivity contribution in [2.24, 2.45) is 0 Å². The highest BCUT2D eigenvalue weighted by molar-refractivity contribution is 5.96. The molecule has 0 radical (unpaired) electrons. The lowest BCUT2D eigenvalue weighted by Crippen LogP contribution is -2.07. The lowest BCUT2D eigenvalue weighted by Gasteiger charge is -2.05. The number of carbonyl (C=O) groups is 1. The highest BCUT2D eigenvalue weighted by atomic mass is 16.5. The molecule has 0 saturated heterocycles. The van der Waals surface area contributed by atoms with Crippen LogP contribution in [-0.2, 0) is 0 Å². The fourth-order valence-corrected chi connectivity index (χ4v) is 0.916. The molecule has 0 spiro atoms. The monoisotopic (exact) mass is 181 g/mol. The summed E-state index contributed by atoms with van der Waals surface area (Å²) >= 11 is 0. The number of carbonyl (C=O) groups excluding carboxylic acids is 1. The second-order valence-electron chi connectivity index (χ2n) is 2.48. The molecule has 13 heavy (non-hydrogen) atoms. The first-order valence-corrected chi connectivity index (χ1v) is 3.95. The Morgan fingerprint density at radius 1 is 1.69 bits per heavy atom. The van der Waals surface area contributed by atoms with E-state index in [4.69, 9.17) is 9.84 Å². The van der Waals surface area contributed by atoms with Crippen LogP contribution in [0.3, 0.4) is 0 Å². The molecule has 0 aliphatic heterocycles. The average Bonchev–Trinajstić information content (AvgIpc) is 2.15. The Labute approximate surface area is 76.2 Å². The van der Waals surface area contributed by atoms with Gasteiger partial charge in [-0.3, -0.25) is 4.79 Å². The molecule has 4 nitrogen and oxygen atoms in total. The second kappa shape index (κ2) is 4.57. The van der Waals surface area contributed by atoms with Gasteiger partial charge in [-0.1, -0.05) is 0 Å². The number of Topliss-reactive ketones (excluding diaryl/α,β-unsaturated/α-hetero) is 1. The van der Waals surface area contributed by atoms with Crippen LogP contribution < -0.4 is 4.74 Å². The average molecular weight is 181 g/mol. The van der Waals surface area contributed by atoms with Gasteiger partial charge in [-0.15, -0.1) is 0 Å². The predicted molar refractivity (Wildman–Crippen MR) is 46.8 cm³/mol. The fourth-order valence-electron chi connectivity index (χ4n) is 0.916. The number of ether oxygens (including phenoxy) is 1. The minimum Gasteiger partial charge on any atom is -0.475 e. The zero-order chi connectivity index (χ0) is 9.68. The molecule has 1 aromatic heterocycles. The quantitative estimate of drug-likeness (QED) is 0.693. The van der Waals surface area contributed by atoms with Crippen LogP contribution in [0.15, 0.2) is 18.3 Å². The summed E-state index contributed by atoms with van der Waals surface area (Å²) in [6.45, 7) is 1.51. The van der Waals surface area contributed by atoms with Gasteiger partial charge in [0, 0.05) is 6.20 Å². The lowest BCUT2D eigenvalue weighted by atomic mass is 10.2. The molecule has 70 valence electrons. The molecule has 0 saturated carbocycles.